The fourth-order valence-electron chi connectivity index (χ4n) is 6.75. The lowest BCUT2D eigenvalue weighted by Crippen LogP contribution is -2.45. The average molecular weight is 1020 g/mol. The summed E-state index contributed by atoms with van der Waals surface area (Å²) in [5.74, 6) is -0.102. The van der Waals surface area contributed by atoms with Crippen LogP contribution in [0.15, 0.2) is 0 Å². The van der Waals surface area contributed by atoms with Crippen LogP contribution in [0.2, 0.25) is 0 Å². The molecule has 0 saturated carbocycles. The molecule has 21 heteroatoms. The lowest BCUT2D eigenvalue weighted by molar-refractivity contribution is -0.130. The zero-order chi connectivity index (χ0) is 50.3. The number of hydrogen-bond donors (Lipinski definition) is 10. The number of nitrogens with two attached hydrogens (primary N) is 2. The molecule has 0 aromatic carbocycles. The minimum atomic E-state index is -0.842. The number of rotatable bonds is 42. The van der Waals surface area contributed by atoms with Crippen LogP contribution in [0.5, 0.6) is 0 Å². The van der Waals surface area contributed by atoms with E-state index in [0.717, 1.165) is 58.0 Å². The van der Waals surface area contributed by atoms with E-state index in [-0.39, 0.29) is 52.6 Å². The maximum Gasteiger partial charge on any atom is 0.237 e. The van der Waals surface area contributed by atoms with Gasteiger partial charge >= 0.3 is 0 Å². The Morgan fingerprint density at radius 1 is 0.530 bits per heavy atom. The molecule has 0 radical (unpaired) electrons. The molecule has 12 N–H and O–H groups in total. The van der Waals surface area contributed by atoms with Crippen LogP contribution in [0.3, 0.4) is 0 Å². The summed E-state index contributed by atoms with van der Waals surface area (Å²) in [6.07, 6.45) is 10.7. The first-order valence-electron chi connectivity index (χ1n) is 24.2. The Morgan fingerprint density at radius 3 is 1.45 bits per heavy atom. The Balaban J connectivity index is 4.35. The molecule has 9 atom stereocenters. The molecule has 17 nitrogen and oxygen atoms in total. The quantitative estimate of drug-likeness (QED) is 0.0232. The summed E-state index contributed by atoms with van der Waals surface area (Å²) in [7, 11) is 9.88. The fourth-order valence-corrected chi connectivity index (χ4v) is 7.79. The summed E-state index contributed by atoms with van der Waals surface area (Å²) >= 11 is 0. The van der Waals surface area contributed by atoms with Gasteiger partial charge in [-0.1, -0.05) is 91.9 Å². The molecule has 0 aliphatic heterocycles. The molecule has 0 aromatic rings. The van der Waals surface area contributed by atoms with Crippen LogP contribution in [0.25, 0.3) is 0 Å². The first kappa shape index (κ1) is 65.2. The topological polar surface area (TPSA) is 244 Å². The number of ether oxygens (including phenoxy) is 3. The van der Waals surface area contributed by atoms with Crippen molar-refractivity contribution in [1.82, 2.24) is 41.6 Å². The van der Waals surface area contributed by atoms with Gasteiger partial charge in [-0.15, -0.1) is 0 Å². The highest BCUT2D eigenvalue weighted by Crippen LogP contribution is 2.24. The molecule has 0 bridgehead atoms. The largest absolute Gasteiger partial charge is 0.378 e. The Kier molecular flexibility index (Phi) is 35.0. The molecular weight excluding hydrogens is 916 g/mol. The standard InChI is InChI=1S/C45H98N10O7P4/c1-34(18-19-37(56)50-32-41(2,3)22-30-61-44(8,46)20-14-25-48-38(57)35(54-65)16-10-12-27-52-63)60-29-24-43(6,7)40(59)49-26-15-21-45(9,47)62-31-23-42(4,5)33-51-39(58)36(55-66)17-11-13-28-53-64/h34-36,52-55H,10-33,46-47,63-66H2,1-9H3,(H,48,57)(H,49,59)(H,50,56)(H,51,58). The number of amides is 4. The fraction of sp³-hybridized carbons (Fsp3) is 0.911. The Labute approximate surface area is 409 Å². The smallest absolute Gasteiger partial charge is 0.237 e. The summed E-state index contributed by atoms with van der Waals surface area (Å²) in [5, 5.41) is 24.3. The molecule has 0 fully saturated rings. The lowest BCUT2D eigenvalue weighted by Gasteiger charge is -2.30. The predicted octanol–water partition coefficient (Wildman–Crippen LogP) is 4.43. The van der Waals surface area contributed by atoms with Gasteiger partial charge in [-0.3, -0.25) is 29.4 Å². The maximum atomic E-state index is 13.1. The van der Waals surface area contributed by atoms with Crippen molar-refractivity contribution in [2.75, 3.05) is 59.1 Å². The lowest BCUT2D eigenvalue weighted by atomic mass is 9.88. The molecule has 0 aliphatic carbocycles. The van der Waals surface area contributed by atoms with Crippen LogP contribution in [0.4, 0.5) is 0 Å². The third-order valence-electron chi connectivity index (χ3n) is 11.9. The Hall–Kier alpha value is -0.760. The van der Waals surface area contributed by atoms with Crippen LogP contribution in [0.1, 0.15) is 159 Å². The summed E-state index contributed by atoms with van der Waals surface area (Å²) < 4.78 is 18.1. The molecular formula is C45H98N10O7P4. The number of unbranched alkanes of at least 4 members (excludes halogenated alkanes) is 2. The maximum absolute atomic E-state index is 13.1. The minimum Gasteiger partial charge on any atom is -0.378 e. The van der Waals surface area contributed by atoms with E-state index >= 15 is 0 Å². The van der Waals surface area contributed by atoms with Gasteiger partial charge in [0.1, 0.15) is 11.4 Å². The van der Waals surface area contributed by atoms with Gasteiger partial charge in [0.05, 0.1) is 18.2 Å². The van der Waals surface area contributed by atoms with Gasteiger partial charge in [-0.05, 0) is 122 Å². The van der Waals surface area contributed by atoms with E-state index in [4.69, 9.17) is 25.7 Å². The number of carbonyl (C=O) groups is 4. The van der Waals surface area contributed by atoms with Crippen molar-refractivity contribution in [2.45, 2.75) is 188 Å². The van der Waals surface area contributed by atoms with Crippen LogP contribution >= 0.6 is 37.6 Å². The van der Waals surface area contributed by atoms with Crippen molar-refractivity contribution in [2.24, 2.45) is 27.7 Å². The van der Waals surface area contributed by atoms with Crippen LogP contribution in [-0.4, -0.2) is 112 Å². The van der Waals surface area contributed by atoms with Crippen molar-refractivity contribution < 1.29 is 33.4 Å². The second-order valence-corrected chi connectivity index (χ2v) is 22.1. The van der Waals surface area contributed by atoms with E-state index in [1.54, 1.807) is 0 Å². The van der Waals surface area contributed by atoms with Crippen molar-refractivity contribution in [3.63, 3.8) is 0 Å². The molecule has 390 valence electrons. The SMILES string of the molecule is CC(CCC(=O)NCC(C)(C)CCOC(C)(N)CCCNC(=O)C(CCCCNP)NP)OCCC(C)(C)C(=O)NCCCC(C)(N)OCCC(C)(C)CNC(=O)C(CCCCNP)NP. The van der Waals surface area contributed by atoms with Gasteiger partial charge in [0, 0.05) is 57.8 Å². The molecule has 66 heavy (non-hydrogen) atoms. The molecule has 0 saturated heterocycles. The second-order valence-electron chi connectivity index (χ2n) is 20.6. The van der Waals surface area contributed by atoms with Crippen molar-refractivity contribution in [3.8, 4) is 0 Å². The van der Waals surface area contributed by atoms with Crippen LogP contribution in [0, 0.1) is 16.2 Å². The highest BCUT2D eigenvalue weighted by Gasteiger charge is 2.29. The van der Waals surface area contributed by atoms with Crippen LogP contribution < -0.4 is 53.1 Å². The van der Waals surface area contributed by atoms with Gasteiger partial charge in [-0.2, -0.15) is 0 Å². The molecule has 0 spiro atoms. The average Bonchev–Trinajstić information content (AvgIpc) is 3.24. The molecule has 0 heterocycles. The van der Waals surface area contributed by atoms with E-state index in [1.807, 2.05) is 34.6 Å². The van der Waals surface area contributed by atoms with E-state index < -0.39 is 16.9 Å². The highest BCUT2D eigenvalue weighted by atomic mass is 31.0. The number of carbonyl (C=O) groups excluding carboxylic acids is 4. The van der Waals surface area contributed by atoms with E-state index in [0.29, 0.717) is 97.4 Å². The van der Waals surface area contributed by atoms with Gasteiger partial charge in [0.15, 0.2) is 0 Å². The zero-order valence-corrected chi connectivity index (χ0v) is 47.1. The first-order valence-corrected chi connectivity index (χ1v) is 26.5. The Bertz CT molecular complexity index is 1350. The van der Waals surface area contributed by atoms with E-state index in [2.05, 4.69) is 107 Å². The molecule has 0 aliphatic rings. The third-order valence-corrected chi connectivity index (χ3v) is 13.3. The van der Waals surface area contributed by atoms with Crippen molar-refractivity contribution in [3.05, 3.63) is 0 Å². The van der Waals surface area contributed by atoms with Gasteiger partial charge in [-0.25, -0.2) is 0 Å². The number of nitrogens with one attached hydrogen (secondary N) is 8. The summed E-state index contributed by atoms with van der Waals surface area (Å²) in [6.45, 7) is 23.0. The first-order chi connectivity index (χ1) is 30.8. The van der Waals surface area contributed by atoms with E-state index in [1.165, 1.54) is 0 Å². The molecule has 9 unspecified atom stereocenters. The molecule has 0 rings (SSSR count). The summed E-state index contributed by atoms with van der Waals surface area (Å²) in [6, 6.07) is -0.488. The van der Waals surface area contributed by atoms with Crippen molar-refractivity contribution >= 4 is 61.2 Å². The van der Waals surface area contributed by atoms with Crippen LogP contribution in [-0.2, 0) is 33.4 Å². The van der Waals surface area contributed by atoms with Gasteiger partial charge in [0.25, 0.3) is 0 Å². The highest BCUT2D eigenvalue weighted by molar-refractivity contribution is 7.14. The molecule has 4 amide bonds. The van der Waals surface area contributed by atoms with Crippen molar-refractivity contribution in [1.29, 1.82) is 0 Å². The summed E-state index contributed by atoms with van der Waals surface area (Å²) in [4.78, 5) is 51.1. The minimum absolute atomic E-state index is 0.00411. The normalized spacial score (nSPS) is 15.6. The molecule has 0 aromatic heterocycles. The zero-order valence-electron chi connectivity index (χ0n) is 42.5. The van der Waals surface area contributed by atoms with E-state index in [9.17, 15) is 19.2 Å². The van der Waals surface area contributed by atoms with Gasteiger partial charge in [0.2, 0.25) is 23.6 Å². The van der Waals surface area contributed by atoms with Gasteiger partial charge < -0.3 is 57.1 Å². The third kappa shape index (κ3) is 33.7. The monoisotopic (exact) mass is 1010 g/mol. The number of hydrogen-bond acceptors (Lipinski definition) is 13. The second kappa shape index (κ2) is 35.4. The Morgan fingerprint density at radius 2 is 0.985 bits per heavy atom. The summed E-state index contributed by atoms with van der Waals surface area (Å²) in [5.41, 5.74) is 10.2. The predicted molar refractivity (Wildman–Crippen MR) is 284 cm³/mol.